The SMILES string of the molecule is O=C(OCc1ccccc1)N1C[C@H](Nc2nc(Cl)nn3cccc23)[C@@H](O)[C@@H](O)C1. The van der Waals surface area contributed by atoms with Crippen molar-refractivity contribution in [2.75, 3.05) is 18.4 Å². The number of aliphatic hydroxyl groups excluding tert-OH is 2. The number of carbonyl (C=O) groups excluding carboxylic acids is 1. The van der Waals surface area contributed by atoms with Crippen LogP contribution in [0.2, 0.25) is 5.28 Å². The number of piperidine rings is 1. The molecule has 1 aliphatic heterocycles. The lowest BCUT2D eigenvalue weighted by Crippen LogP contribution is -2.59. The minimum Gasteiger partial charge on any atom is -0.445 e. The molecular weight excluding hydrogens is 398 g/mol. The van der Waals surface area contributed by atoms with Gasteiger partial charge in [-0.05, 0) is 29.3 Å². The molecule has 1 saturated heterocycles. The number of aromatic nitrogens is 3. The van der Waals surface area contributed by atoms with Gasteiger partial charge in [0.2, 0.25) is 5.28 Å². The van der Waals surface area contributed by atoms with Crippen molar-refractivity contribution in [2.45, 2.75) is 24.9 Å². The highest BCUT2D eigenvalue weighted by Crippen LogP contribution is 2.21. The van der Waals surface area contributed by atoms with Crippen LogP contribution in [-0.2, 0) is 11.3 Å². The molecule has 1 aromatic carbocycles. The van der Waals surface area contributed by atoms with Gasteiger partial charge in [0, 0.05) is 12.7 Å². The minimum atomic E-state index is -1.13. The number of amides is 1. The van der Waals surface area contributed by atoms with Crippen molar-refractivity contribution in [3.8, 4) is 0 Å². The Morgan fingerprint density at radius 1 is 1.21 bits per heavy atom. The number of hydrogen-bond acceptors (Lipinski definition) is 7. The first-order valence-electron chi connectivity index (χ1n) is 9.10. The molecule has 3 N–H and O–H groups in total. The summed E-state index contributed by atoms with van der Waals surface area (Å²) in [5.74, 6) is 0.394. The average molecular weight is 418 g/mol. The molecule has 1 amide bonds. The lowest BCUT2D eigenvalue weighted by molar-refractivity contribution is -0.0440. The van der Waals surface area contributed by atoms with Gasteiger partial charge in [-0.2, -0.15) is 4.98 Å². The van der Waals surface area contributed by atoms with Gasteiger partial charge >= 0.3 is 6.09 Å². The molecule has 152 valence electrons. The second-order valence-corrected chi connectivity index (χ2v) is 7.16. The van der Waals surface area contributed by atoms with Crippen LogP contribution in [0.5, 0.6) is 0 Å². The zero-order valence-corrected chi connectivity index (χ0v) is 16.1. The molecule has 3 atom stereocenters. The van der Waals surface area contributed by atoms with Crippen LogP contribution in [0, 0.1) is 0 Å². The van der Waals surface area contributed by atoms with E-state index in [9.17, 15) is 15.0 Å². The summed E-state index contributed by atoms with van der Waals surface area (Å²) >= 11 is 5.96. The highest BCUT2D eigenvalue weighted by Gasteiger charge is 2.37. The van der Waals surface area contributed by atoms with Crippen molar-refractivity contribution in [1.29, 1.82) is 0 Å². The Morgan fingerprint density at radius 2 is 2.00 bits per heavy atom. The number of likely N-dealkylation sites (tertiary alicyclic amines) is 1. The molecule has 0 aliphatic carbocycles. The molecule has 0 saturated carbocycles. The van der Waals surface area contributed by atoms with Gasteiger partial charge in [-0.3, -0.25) is 0 Å². The second-order valence-electron chi connectivity index (χ2n) is 6.82. The fourth-order valence-corrected chi connectivity index (χ4v) is 3.47. The van der Waals surface area contributed by atoms with Crippen LogP contribution in [0.4, 0.5) is 10.6 Å². The smallest absolute Gasteiger partial charge is 0.410 e. The molecule has 0 spiro atoms. The van der Waals surface area contributed by atoms with Crippen molar-refractivity contribution >= 4 is 29.0 Å². The van der Waals surface area contributed by atoms with Gasteiger partial charge in [0.15, 0.2) is 5.82 Å². The number of nitrogens with zero attached hydrogens (tertiary/aromatic N) is 4. The summed E-state index contributed by atoms with van der Waals surface area (Å²) in [6, 6.07) is 12.2. The number of anilines is 1. The zero-order chi connectivity index (χ0) is 20.4. The monoisotopic (exact) mass is 417 g/mol. The van der Waals surface area contributed by atoms with E-state index in [-0.39, 0.29) is 25.0 Å². The Hall–Kier alpha value is -2.88. The van der Waals surface area contributed by atoms with Crippen LogP contribution < -0.4 is 5.32 Å². The normalized spacial score (nSPS) is 21.9. The van der Waals surface area contributed by atoms with E-state index in [1.165, 1.54) is 4.90 Å². The summed E-state index contributed by atoms with van der Waals surface area (Å²) in [6.07, 6.45) is -1.09. The number of aliphatic hydroxyl groups is 2. The maximum Gasteiger partial charge on any atom is 0.410 e. The van der Waals surface area contributed by atoms with Crippen molar-refractivity contribution in [2.24, 2.45) is 0 Å². The van der Waals surface area contributed by atoms with Crippen molar-refractivity contribution in [3.63, 3.8) is 0 Å². The number of fused-ring (bicyclic) bond motifs is 1. The first kappa shape index (κ1) is 19.4. The van der Waals surface area contributed by atoms with Crippen LogP contribution in [0.25, 0.3) is 5.52 Å². The summed E-state index contributed by atoms with van der Waals surface area (Å²) in [5, 5.41) is 27.8. The molecule has 9 nitrogen and oxygen atoms in total. The fourth-order valence-electron chi connectivity index (χ4n) is 3.30. The van der Waals surface area contributed by atoms with E-state index in [1.807, 2.05) is 30.3 Å². The summed E-state index contributed by atoms with van der Waals surface area (Å²) in [6.45, 7) is 0.220. The summed E-state index contributed by atoms with van der Waals surface area (Å²) < 4.78 is 6.89. The van der Waals surface area contributed by atoms with Crippen LogP contribution >= 0.6 is 11.6 Å². The maximum atomic E-state index is 12.5. The molecule has 10 heteroatoms. The predicted octanol–water partition coefficient (Wildman–Crippen LogP) is 1.54. The van der Waals surface area contributed by atoms with E-state index >= 15 is 0 Å². The average Bonchev–Trinajstić information content (AvgIpc) is 3.18. The number of benzene rings is 1. The highest BCUT2D eigenvalue weighted by molar-refractivity contribution is 6.28. The van der Waals surface area contributed by atoms with E-state index in [0.717, 1.165) is 5.56 Å². The van der Waals surface area contributed by atoms with E-state index < -0.39 is 24.3 Å². The largest absolute Gasteiger partial charge is 0.445 e. The van der Waals surface area contributed by atoms with Crippen LogP contribution in [0.1, 0.15) is 5.56 Å². The maximum absolute atomic E-state index is 12.5. The minimum absolute atomic E-state index is 0.0289. The molecule has 1 fully saturated rings. The Morgan fingerprint density at radius 3 is 2.79 bits per heavy atom. The van der Waals surface area contributed by atoms with E-state index in [2.05, 4.69) is 15.4 Å². The topological polar surface area (TPSA) is 112 Å². The summed E-state index contributed by atoms with van der Waals surface area (Å²) in [5.41, 5.74) is 1.51. The molecule has 0 radical (unpaired) electrons. The molecular formula is C19H20ClN5O4. The van der Waals surface area contributed by atoms with Crippen LogP contribution in [-0.4, -0.2) is 67.1 Å². The quantitative estimate of drug-likeness (QED) is 0.590. The molecule has 0 bridgehead atoms. The third-order valence-electron chi connectivity index (χ3n) is 4.78. The Kier molecular flexibility index (Phi) is 5.52. The van der Waals surface area contributed by atoms with E-state index in [0.29, 0.717) is 11.3 Å². The Bertz CT molecular complexity index is 999. The summed E-state index contributed by atoms with van der Waals surface area (Å²) in [7, 11) is 0. The molecule has 3 aromatic rings. The number of β-amino-alcohol motifs (C(OH)–C–C–N with tert-alkyl or cyclic N) is 1. The zero-order valence-electron chi connectivity index (χ0n) is 15.3. The lowest BCUT2D eigenvalue weighted by Gasteiger charge is -2.39. The molecule has 1 aliphatic rings. The molecule has 2 aromatic heterocycles. The summed E-state index contributed by atoms with van der Waals surface area (Å²) in [4.78, 5) is 18.0. The highest BCUT2D eigenvalue weighted by atomic mass is 35.5. The number of nitrogens with one attached hydrogen (secondary N) is 1. The van der Waals surface area contributed by atoms with Crippen LogP contribution in [0.3, 0.4) is 0 Å². The molecule has 29 heavy (non-hydrogen) atoms. The Balaban J connectivity index is 1.47. The number of halogens is 1. The first-order valence-corrected chi connectivity index (χ1v) is 9.48. The number of carbonyl (C=O) groups is 1. The first-order chi connectivity index (χ1) is 14.0. The van der Waals surface area contributed by atoms with Crippen molar-refractivity contribution in [3.05, 3.63) is 59.5 Å². The van der Waals surface area contributed by atoms with Gasteiger partial charge in [-0.15, -0.1) is 5.10 Å². The predicted molar refractivity (Wildman–Crippen MR) is 106 cm³/mol. The third-order valence-corrected chi connectivity index (χ3v) is 4.94. The number of hydrogen-bond donors (Lipinski definition) is 3. The standard InChI is InChI=1S/C19H20ClN5O4/c20-18-22-17(14-7-4-8-25(14)23-18)21-13-9-24(10-15(26)16(13)27)19(28)29-11-12-5-2-1-3-6-12/h1-8,13,15-16,26-27H,9-11H2,(H,21,22,23)/t13-,15-,16+/m0/s1. The van der Waals surface area contributed by atoms with Crippen molar-refractivity contribution in [1.82, 2.24) is 19.5 Å². The Labute approximate surface area is 171 Å². The van der Waals surface area contributed by atoms with Gasteiger partial charge in [0.1, 0.15) is 18.2 Å². The molecule has 0 unspecified atom stereocenters. The van der Waals surface area contributed by atoms with Gasteiger partial charge in [-0.1, -0.05) is 30.3 Å². The van der Waals surface area contributed by atoms with Gasteiger partial charge in [0.05, 0.1) is 18.7 Å². The van der Waals surface area contributed by atoms with Crippen LogP contribution in [0.15, 0.2) is 48.7 Å². The molecule has 4 rings (SSSR count). The third kappa shape index (κ3) is 4.26. The number of ether oxygens (including phenoxy) is 1. The van der Waals surface area contributed by atoms with Gasteiger partial charge < -0.3 is 25.2 Å². The second kappa shape index (κ2) is 8.24. The van der Waals surface area contributed by atoms with Gasteiger partial charge in [-0.25, -0.2) is 9.31 Å². The lowest BCUT2D eigenvalue weighted by atomic mass is 10.00. The number of rotatable bonds is 4. The van der Waals surface area contributed by atoms with Gasteiger partial charge in [0.25, 0.3) is 0 Å². The van der Waals surface area contributed by atoms with E-state index in [4.69, 9.17) is 16.3 Å². The molecule has 3 heterocycles. The van der Waals surface area contributed by atoms with E-state index in [1.54, 1.807) is 22.8 Å². The van der Waals surface area contributed by atoms with Crippen molar-refractivity contribution < 1.29 is 19.7 Å². The fraction of sp³-hybridized carbons (Fsp3) is 0.316.